The number of benzene rings is 2. The fourth-order valence-electron chi connectivity index (χ4n) is 4.79. The highest BCUT2D eigenvalue weighted by Gasteiger charge is 2.26. The second-order valence-electron chi connectivity index (χ2n) is 9.69. The Bertz CT molecular complexity index is 2120. The van der Waals surface area contributed by atoms with Crippen LogP contribution in [0, 0.1) is 11.6 Å². The van der Waals surface area contributed by atoms with Crippen molar-refractivity contribution in [3.63, 3.8) is 0 Å². The highest BCUT2D eigenvalue weighted by Crippen LogP contribution is 2.41. The number of aromatic nitrogens is 3. The van der Waals surface area contributed by atoms with Gasteiger partial charge in [-0.2, -0.15) is 0 Å². The van der Waals surface area contributed by atoms with Crippen LogP contribution in [0.2, 0.25) is 0 Å². The highest BCUT2D eigenvalue weighted by atomic mass is 32.2. The van der Waals surface area contributed by atoms with E-state index in [1.54, 1.807) is 47.3 Å². The number of rotatable bonds is 6. The Balaban J connectivity index is 1.60. The molecule has 2 aromatic carbocycles. The van der Waals surface area contributed by atoms with Crippen LogP contribution in [0.4, 0.5) is 14.5 Å². The van der Waals surface area contributed by atoms with E-state index in [4.69, 9.17) is 4.42 Å². The van der Waals surface area contributed by atoms with Crippen LogP contribution >= 0.6 is 0 Å². The highest BCUT2D eigenvalue weighted by molar-refractivity contribution is 7.92. The van der Waals surface area contributed by atoms with E-state index in [2.05, 4.69) is 15.3 Å². The average Bonchev–Trinajstić information content (AvgIpc) is 3.56. The number of carbonyl (C=O) groups excluding carboxylic acids is 1. The Morgan fingerprint density at radius 1 is 0.952 bits per heavy atom. The Morgan fingerprint density at radius 2 is 1.67 bits per heavy atom. The summed E-state index contributed by atoms with van der Waals surface area (Å²) in [6.45, 7) is 0. The number of hydrogen-bond donors (Lipinski definition) is 1. The Labute approximate surface area is 239 Å². The molecule has 0 aliphatic rings. The molecule has 6 rings (SSSR count). The van der Waals surface area contributed by atoms with Gasteiger partial charge in [0.2, 0.25) is 10.0 Å². The number of furan rings is 1. The van der Waals surface area contributed by atoms with Gasteiger partial charge in [0.1, 0.15) is 28.6 Å². The molecule has 0 atom stereocenters. The largest absolute Gasteiger partial charge is 0.455 e. The number of anilines is 1. The van der Waals surface area contributed by atoms with Crippen molar-refractivity contribution in [2.75, 3.05) is 24.7 Å². The summed E-state index contributed by atoms with van der Waals surface area (Å²) in [5, 5.41) is 3.04. The molecule has 1 N–H and O–H groups in total. The van der Waals surface area contributed by atoms with Gasteiger partial charge in [-0.05, 0) is 48.5 Å². The van der Waals surface area contributed by atoms with Crippen molar-refractivity contribution < 1.29 is 26.4 Å². The molecule has 0 spiro atoms. The predicted molar refractivity (Wildman–Crippen MR) is 156 cm³/mol. The van der Waals surface area contributed by atoms with Gasteiger partial charge in [0.05, 0.1) is 23.2 Å². The molecule has 0 fully saturated rings. The van der Waals surface area contributed by atoms with Crippen LogP contribution in [-0.4, -0.2) is 49.0 Å². The number of halogens is 2. The van der Waals surface area contributed by atoms with Crippen molar-refractivity contribution >= 4 is 38.2 Å². The van der Waals surface area contributed by atoms with Crippen molar-refractivity contribution in [2.45, 2.75) is 0 Å². The van der Waals surface area contributed by atoms with Crippen molar-refractivity contribution in [3.8, 4) is 33.7 Å². The van der Waals surface area contributed by atoms with Crippen molar-refractivity contribution in [2.24, 2.45) is 0 Å². The lowest BCUT2D eigenvalue weighted by Crippen LogP contribution is -2.25. The quantitative estimate of drug-likeness (QED) is 0.275. The topological polar surface area (TPSA) is 110 Å². The zero-order valence-electron chi connectivity index (χ0n) is 22.6. The third-order valence-electron chi connectivity index (χ3n) is 6.96. The van der Waals surface area contributed by atoms with Gasteiger partial charge >= 0.3 is 0 Å². The van der Waals surface area contributed by atoms with Crippen LogP contribution < -0.4 is 9.62 Å². The van der Waals surface area contributed by atoms with E-state index in [0.29, 0.717) is 39.0 Å². The lowest BCUT2D eigenvalue weighted by molar-refractivity contribution is 0.0964. The SMILES string of the molecule is CNC(=O)c1c(-c2ccc(F)cc2)oc2cc(N(C)S(C)(=O)=O)c(-c3cncc(-c4cn5cc(F)ccc5n4)c3)cc12. The van der Waals surface area contributed by atoms with E-state index in [0.717, 1.165) is 10.6 Å². The number of carbonyl (C=O) groups is 1. The first-order valence-corrected chi connectivity index (χ1v) is 14.5. The third-order valence-corrected chi connectivity index (χ3v) is 8.16. The van der Waals surface area contributed by atoms with Gasteiger partial charge in [-0.25, -0.2) is 22.2 Å². The molecule has 212 valence electrons. The molecule has 1 amide bonds. The minimum absolute atomic E-state index is 0.207. The van der Waals surface area contributed by atoms with Gasteiger partial charge in [0, 0.05) is 72.6 Å². The van der Waals surface area contributed by atoms with Gasteiger partial charge in [-0.15, -0.1) is 0 Å². The zero-order chi connectivity index (χ0) is 29.8. The first-order valence-electron chi connectivity index (χ1n) is 12.7. The summed E-state index contributed by atoms with van der Waals surface area (Å²) in [4.78, 5) is 22.0. The molecule has 42 heavy (non-hydrogen) atoms. The number of sulfonamides is 1. The minimum atomic E-state index is -3.72. The number of amides is 1. The standard InChI is InChI=1S/C30H23F2N5O4S/c1-33-30(38)28-23-11-22(18-10-19(14-34-13-18)24-16-37-15-21(32)8-9-27(37)35-24)25(36(2)42(3,39)40)12-26(23)41-29(28)17-4-6-20(31)7-5-17/h4-16H,1-3H3,(H,33,38). The molecule has 0 saturated heterocycles. The Hall–Kier alpha value is -5.10. The molecule has 0 unspecified atom stereocenters. The summed E-state index contributed by atoms with van der Waals surface area (Å²) < 4.78 is 61.6. The van der Waals surface area contributed by atoms with Gasteiger partial charge in [0.25, 0.3) is 5.91 Å². The molecular weight excluding hydrogens is 564 g/mol. The van der Waals surface area contributed by atoms with Gasteiger partial charge < -0.3 is 14.1 Å². The predicted octanol–water partition coefficient (Wildman–Crippen LogP) is 5.51. The van der Waals surface area contributed by atoms with E-state index in [9.17, 15) is 22.0 Å². The molecule has 0 radical (unpaired) electrons. The fourth-order valence-corrected chi connectivity index (χ4v) is 5.30. The molecule has 0 saturated carbocycles. The maximum absolute atomic E-state index is 13.8. The summed E-state index contributed by atoms with van der Waals surface area (Å²) in [6, 6.07) is 13.4. The van der Waals surface area contributed by atoms with Crippen LogP contribution in [-0.2, 0) is 10.0 Å². The third kappa shape index (κ3) is 4.75. The fraction of sp³-hybridized carbons (Fsp3) is 0.100. The Morgan fingerprint density at radius 3 is 2.38 bits per heavy atom. The molecule has 9 nitrogen and oxygen atoms in total. The molecule has 12 heteroatoms. The van der Waals surface area contributed by atoms with Crippen LogP contribution in [0.5, 0.6) is 0 Å². The second-order valence-corrected chi connectivity index (χ2v) is 11.7. The molecule has 0 aliphatic heterocycles. The monoisotopic (exact) mass is 587 g/mol. The number of fused-ring (bicyclic) bond motifs is 2. The van der Waals surface area contributed by atoms with Crippen molar-refractivity contribution in [1.82, 2.24) is 19.7 Å². The van der Waals surface area contributed by atoms with Gasteiger partial charge in [-0.3, -0.25) is 14.1 Å². The van der Waals surface area contributed by atoms with Crippen molar-refractivity contribution in [3.05, 3.63) is 96.6 Å². The first-order chi connectivity index (χ1) is 20.0. The maximum atomic E-state index is 13.8. The summed E-state index contributed by atoms with van der Waals surface area (Å²) in [5.74, 6) is -1.09. The summed E-state index contributed by atoms with van der Waals surface area (Å²) in [7, 11) is -0.824. The van der Waals surface area contributed by atoms with E-state index in [-0.39, 0.29) is 22.6 Å². The molecule has 0 bridgehead atoms. The maximum Gasteiger partial charge on any atom is 0.255 e. The van der Waals surface area contributed by atoms with E-state index in [1.807, 2.05) is 0 Å². The van der Waals surface area contributed by atoms with Gasteiger partial charge in [-0.1, -0.05) is 0 Å². The number of nitrogens with one attached hydrogen (secondary N) is 1. The normalized spacial score (nSPS) is 11.7. The van der Waals surface area contributed by atoms with Crippen LogP contribution in [0.25, 0.3) is 50.3 Å². The first kappa shape index (κ1) is 27.1. The van der Waals surface area contributed by atoms with Gasteiger partial charge in [0.15, 0.2) is 0 Å². The smallest absolute Gasteiger partial charge is 0.255 e. The molecule has 0 aliphatic carbocycles. The summed E-state index contributed by atoms with van der Waals surface area (Å²) >= 11 is 0. The lowest BCUT2D eigenvalue weighted by atomic mass is 9.98. The van der Waals surface area contributed by atoms with E-state index in [1.165, 1.54) is 50.6 Å². The number of imidazole rings is 1. The zero-order valence-corrected chi connectivity index (χ0v) is 23.4. The summed E-state index contributed by atoms with van der Waals surface area (Å²) in [5.41, 5.74) is 3.89. The lowest BCUT2D eigenvalue weighted by Gasteiger charge is -2.20. The van der Waals surface area contributed by atoms with Crippen molar-refractivity contribution in [1.29, 1.82) is 0 Å². The Kier molecular flexibility index (Phi) is 6.49. The summed E-state index contributed by atoms with van der Waals surface area (Å²) in [6.07, 6.45) is 7.23. The van der Waals surface area contributed by atoms with Crippen LogP contribution in [0.3, 0.4) is 0 Å². The molecule has 6 aromatic rings. The average molecular weight is 588 g/mol. The second kappa shape index (κ2) is 10.1. The van der Waals surface area contributed by atoms with Crippen LogP contribution in [0.1, 0.15) is 10.4 Å². The number of nitrogens with zero attached hydrogens (tertiary/aromatic N) is 4. The molecule has 4 heterocycles. The number of hydrogen-bond acceptors (Lipinski definition) is 6. The number of pyridine rings is 2. The molecular formula is C30H23F2N5O4S. The van der Waals surface area contributed by atoms with Crippen LogP contribution in [0.15, 0.2) is 83.8 Å². The van der Waals surface area contributed by atoms with E-state index >= 15 is 0 Å². The van der Waals surface area contributed by atoms with E-state index < -0.39 is 27.6 Å². The minimum Gasteiger partial charge on any atom is -0.455 e. The molecule has 4 aromatic heterocycles.